The Morgan fingerprint density at radius 3 is 2.30 bits per heavy atom. The number of ketones is 1. The van der Waals surface area contributed by atoms with Gasteiger partial charge in [-0.25, -0.2) is 5.01 Å². The highest BCUT2D eigenvalue weighted by Gasteiger charge is 2.50. The minimum atomic E-state index is -2.04. The summed E-state index contributed by atoms with van der Waals surface area (Å²) >= 11 is 0. The number of nitrogens with zero attached hydrogens (tertiary/aromatic N) is 2. The fourth-order valence-corrected chi connectivity index (χ4v) is 7.99. The molecule has 4 aliphatic rings. The van der Waals surface area contributed by atoms with Gasteiger partial charge in [0.05, 0.1) is 54.4 Å². The Labute approximate surface area is 355 Å². The third kappa shape index (κ3) is 9.65. The molecule has 0 aliphatic carbocycles. The molecule has 0 spiro atoms. The van der Waals surface area contributed by atoms with Gasteiger partial charge in [-0.3, -0.25) is 24.2 Å². The van der Waals surface area contributed by atoms with Crippen molar-refractivity contribution in [2.45, 2.75) is 85.6 Å². The van der Waals surface area contributed by atoms with Crippen LogP contribution in [0.2, 0.25) is 0 Å². The van der Waals surface area contributed by atoms with Gasteiger partial charge in [0.2, 0.25) is 0 Å². The van der Waals surface area contributed by atoms with E-state index < -0.39 is 95.5 Å². The molecule has 2 aromatic carbocycles. The summed E-state index contributed by atoms with van der Waals surface area (Å²) in [5.74, 6) is -8.24. The van der Waals surface area contributed by atoms with E-state index in [2.05, 4.69) is 5.32 Å². The van der Waals surface area contributed by atoms with E-state index in [1.165, 1.54) is 64.3 Å². The minimum Gasteiger partial charge on any atom is -0.507 e. The maximum absolute atomic E-state index is 14.5. The normalized spacial score (nSPS) is 31.0. The summed E-state index contributed by atoms with van der Waals surface area (Å²) in [6.07, 6.45) is 3.55. The number of Topliss-reactive ketones (excluding diaryl/α,β-unsaturated/α-hetero) is 1. The van der Waals surface area contributed by atoms with Gasteiger partial charge >= 0.3 is 11.8 Å². The number of allylic oxidation sites excluding steroid dienone is 2. The van der Waals surface area contributed by atoms with Crippen LogP contribution < -0.4 is 14.8 Å². The lowest BCUT2D eigenvalue weighted by atomic mass is 9.78. The molecule has 0 unspecified atom stereocenters. The van der Waals surface area contributed by atoms with E-state index in [-0.39, 0.29) is 44.7 Å². The number of aliphatic hydroxyl groups excluding tert-OH is 2. The first-order valence-corrected chi connectivity index (χ1v) is 20.3. The van der Waals surface area contributed by atoms with E-state index >= 15 is 0 Å². The number of hydrazine groups is 1. The Kier molecular flexibility index (Phi) is 14.8. The number of morpholine rings is 1. The Hall–Kier alpha value is -5.20. The number of amides is 2. The zero-order valence-corrected chi connectivity index (χ0v) is 36.4. The molecule has 4 aliphatic heterocycles. The minimum absolute atomic E-state index is 0.0671. The molecular weight excluding hydrogens is 794 g/mol. The van der Waals surface area contributed by atoms with Crippen LogP contribution in [0.25, 0.3) is 10.8 Å². The lowest BCUT2D eigenvalue weighted by Crippen LogP contribution is -2.50. The number of esters is 1. The molecule has 0 aromatic heterocycles. The average Bonchev–Trinajstić information content (AvgIpc) is 3.50. The topological polar surface area (TPSA) is 223 Å². The van der Waals surface area contributed by atoms with Gasteiger partial charge in [0.1, 0.15) is 23.4 Å². The van der Waals surface area contributed by atoms with Crippen molar-refractivity contribution >= 4 is 40.0 Å². The van der Waals surface area contributed by atoms with Crippen LogP contribution in [0.4, 0.5) is 5.69 Å². The van der Waals surface area contributed by atoms with Crippen molar-refractivity contribution < 1.29 is 68.0 Å². The number of phenolic OH excluding ortho intramolecular Hbond substituents is 2. The highest BCUT2D eigenvalue weighted by molar-refractivity contribution is 6.21. The van der Waals surface area contributed by atoms with Crippen molar-refractivity contribution in [1.29, 1.82) is 0 Å². The lowest BCUT2D eigenvalue weighted by molar-refractivity contribution is -0.160. The van der Waals surface area contributed by atoms with Crippen LogP contribution in [0.5, 0.6) is 23.0 Å². The summed E-state index contributed by atoms with van der Waals surface area (Å²) in [5.41, 5.74) is -0.0578. The van der Waals surface area contributed by atoms with Gasteiger partial charge in [-0.2, -0.15) is 0 Å². The van der Waals surface area contributed by atoms with Crippen molar-refractivity contribution in [1.82, 2.24) is 10.0 Å². The summed E-state index contributed by atoms with van der Waals surface area (Å²) in [5, 5.41) is 51.7. The van der Waals surface area contributed by atoms with Crippen molar-refractivity contribution in [3.8, 4) is 23.0 Å². The predicted octanol–water partition coefficient (Wildman–Crippen LogP) is 4.13. The number of anilines is 1. The molecular formula is C44H59N3O14. The maximum Gasteiger partial charge on any atom is 0.312 e. The van der Waals surface area contributed by atoms with Gasteiger partial charge in [0.25, 0.3) is 17.6 Å². The zero-order valence-electron chi connectivity index (χ0n) is 36.4. The summed E-state index contributed by atoms with van der Waals surface area (Å²) < 4.78 is 35.2. The maximum atomic E-state index is 14.5. The average molecular weight is 854 g/mol. The van der Waals surface area contributed by atoms with Crippen LogP contribution in [0.15, 0.2) is 42.2 Å². The molecule has 17 nitrogen and oxygen atoms in total. The summed E-state index contributed by atoms with van der Waals surface area (Å²) in [7, 11) is 3.02. The third-order valence-corrected chi connectivity index (χ3v) is 11.9. The number of aromatic hydroxyl groups is 2. The van der Waals surface area contributed by atoms with Gasteiger partial charge in [-0.05, 0) is 19.9 Å². The second-order valence-corrected chi connectivity index (χ2v) is 16.2. The van der Waals surface area contributed by atoms with E-state index in [0.717, 1.165) is 0 Å². The van der Waals surface area contributed by atoms with Crippen molar-refractivity contribution in [3.63, 3.8) is 0 Å². The molecule has 2 aromatic rings. The Morgan fingerprint density at radius 2 is 1.66 bits per heavy atom. The number of rotatable bonds is 6. The van der Waals surface area contributed by atoms with Crippen LogP contribution in [0, 0.1) is 30.6 Å². The second-order valence-electron chi connectivity index (χ2n) is 16.2. The number of hydrogen-bond acceptors (Lipinski definition) is 15. The van der Waals surface area contributed by atoms with E-state index in [1.807, 2.05) is 0 Å². The molecule has 1 saturated heterocycles. The number of nitrogens with one attached hydrogen (secondary N) is 1. The molecule has 334 valence electrons. The Balaban J connectivity index is 1.65. The number of carbonyl (C=O) groups is 4. The van der Waals surface area contributed by atoms with Crippen LogP contribution in [0.1, 0.15) is 64.4 Å². The number of methoxy groups -OCH3 is 1. The fraction of sp³-hybridized carbons (Fsp3) is 0.545. The largest absolute Gasteiger partial charge is 0.507 e. The van der Waals surface area contributed by atoms with Crippen LogP contribution >= 0.6 is 0 Å². The smallest absolute Gasteiger partial charge is 0.312 e. The number of aliphatic hydroxyl groups is 2. The molecule has 5 bridgehead atoms. The summed E-state index contributed by atoms with van der Waals surface area (Å²) in [6.45, 7) is 13.8. The molecule has 0 radical (unpaired) electrons. The fourth-order valence-electron chi connectivity index (χ4n) is 7.99. The quantitative estimate of drug-likeness (QED) is 0.204. The third-order valence-electron chi connectivity index (χ3n) is 11.9. The van der Waals surface area contributed by atoms with Crippen LogP contribution in [0.3, 0.4) is 0 Å². The summed E-state index contributed by atoms with van der Waals surface area (Å²) in [4.78, 5) is 53.9. The number of carbonyl (C=O) groups excluding carboxylic acids is 4. The SMILES string of the molecule is CO[C@H]1/C=C/O[C@@]2(C)Oc3c(C)c(O)c4c(O)c(cc(OCC(=O)N(C)N5CCOCC5)c4c3C2=O)NC(=O)/C(C)=C\C=C\[C@H](C)[C@H](O)[C@@H](C)[C@@H](O)[C@@H](C)[C@H](OC(C)=O)[C@@H]1C. The number of ether oxygens (including phenoxy) is 6. The van der Waals surface area contributed by atoms with Crippen molar-refractivity contribution in [2.24, 2.45) is 23.7 Å². The van der Waals surface area contributed by atoms with Gasteiger partial charge in [-0.15, -0.1) is 0 Å². The summed E-state index contributed by atoms with van der Waals surface area (Å²) in [6, 6.07) is 1.26. The first-order chi connectivity index (χ1) is 28.7. The molecule has 4 heterocycles. The number of likely N-dealkylation sites (N-methyl/N-ethyl adjacent to an activating group) is 1. The molecule has 5 N–H and O–H groups in total. The van der Waals surface area contributed by atoms with Gasteiger partial charge in [-0.1, -0.05) is 45.9 Å². The molecule has 9 atom stereocenters. The first kappa shape index (κ1) is 46.9. The highest BCUT2D eigenvalue weighted by Crippen LogP contribution is 2.54. The number of fused-ring (bicyclic) bond motifs is 14. The second kappa shape index (κ2) is 19.2. The Morgan fingerprint density at radius 1 is 0.984 bits per heavy atom. The van der Waals surface area contributed by atoms with Crippen LogP contribution in [-0.2, 0) is 33.3 Å². The van der Waals surface area contributed by atoms with Crippen molar-refractivity contribution in [2.75, 3.05) is 52.4 Å². The van der Waals surface area contributed by atoms with Gasteiger partial charge < -0.3 is 54.2 Å². The van der Waals surface area contributed by atoms with E-state index in [9.17, 15) is 39.6 Å². The number of benzene rings is 2. The molecule has 2 amide bonds. The Bertz CT molecular complexity index is 2090. The molecule has 61 heavy (non-hydrogen) atoms. The first-order valence-electron chi connectivity index (χ1n) is 20.3. The van der Waals surface area contributed by atoms with Gasteiger partial charge in [0.15, 0.2) is 12.4 Å². The molecule has 0 saturated carbocycles. The lowest BCUT2D eigenvalue weighted by Gasteiger charge is -2.38. The van der Waals surface area contributed by atoms with Crippen LogP contribution in [-0.4, -0.2) is 131 Å². The monoisotopic (exact) mass is 853 g/mol. The van der Waals surface area contributed by atoms with E-state index in [1.54, 1.807) is 51.9 Å². The van der Waals surface area contributed by atoms with Crippen molar-refractivity contribution in [3.05, 3.63) is 53.3 Å². The zero-order chi connectivity index (χ0) is 45.1. The van der Waals surface area contributed by atoms with Gasteiger partial charge in [0, 0.05) is 87.4 Å². The molecule has 6 rings (SSSR count). The van der Waals surface area contributed by atoms with E-state index in [4.69, 9.17) is 28.4 Å². The number of phenols is 2. The number of hydrogen-bond donors (Lipinski definition) is 5. The molecule has 17 heteroatoms. The van der Waals surface area contributed by atoms with E-state index in [0.29, 0.717) is 26.3 Å². The predicted molar refractivity (Wildman–Crippen MR) is 223 cm³/mol. The highest BCUT2D eigenvalue weighted by atomic mass is 16.7. The standard InChI is InChI=1S/C44H59N3O14/c1-22-12-11-13-23(2)43(55)45-29-20-31(58-21-32(49)46(9)47-15-18-57-19-16-47)33-34(39(29)53)38(52)27(6)41-35(33)42(54)44(8,61-41)59-17-14-30(56-10)24(3)40(60-28(7)48)26(5)37(51)25(4)36(22)50/h11-14,17,20,22,24-26,30,36-37,40,50-53H,15-16,18-19,21H2,1-10H3,(H,45,55)/b12-11+,17-14+,23-13-/t22-,24+,25+,26+,30-,36-,37+,40+,44-/m0/s1. The molecule has 1 fully saturated rings.